The van der Waals surface area contributed by atoms with E-state index in [1.54, 1.807) is 30.3 Å². The highest BCUT2D eigenvalue weighted by Gasteiger charge is 2.39. The lowest BCUT2D eigenvalue weighted by Gasteiger charge is -2.20. The number of rotatable bonds is 25. The molecule has 1 amide bonds. The summed E-state index contributed by atoms with van der Waals surface area (Å²) in [6.07, 6.45) is 15.3. The molecule has 1 saturated heterocycles. The molecule has 7 rings (SSSR count). The van der Waals surface area contributed by atoms with E-state index < -0.39 is 23.5 Å². The molecule has 0 spiro atoms. The number of hydrogen-bond acceptors (Lipinski definition) is 17. The van der Waals surface area contributed by atoms with Gasteiger partial charge in [-0.3, -0.25) is 28.8 Å². The van der Waals surface area contributed by atoms with Crippen molar-refractivity contribution in [2.75, 3.05) is 35.0 Å². The first-order chi connectivity index (χ1) is 40.3. The number of nitrogens with zero attached hydrogens (tertiary/aromatic N) is 3. The lowest BCUT2D eigenvalue weighted by Crippen LogP contribution is -2.24. The average molecular weight is 1140 g/mol. The van der Waals surface area contributed by atoms with Crippen molar-refractivity contribution in [2.45, 2.75) is 105 Å². The Hall–Kier alpha value is -9.19. The Bertz CT molecular complexity index is 3480. The number of esters is 3. The number of carbonyl (C=O) groups excluding carboxylic acids is 6. The third-order valence-electron chi connectivity index (χ3n) is 15.2. The molecule has 2 aromatic carbocycles. The maximum atomic E-state index is 13.5. The number of aromatic hydroxyl groups is 1. The number of nitrogens with one attached hydrogen (secondary N) is 2. The van der Waals surface area contributed by atoms with Crippen LogP contribution in [0.2, 0.25) is 0 Å². The second-order valence-electron chi connectivity index (χ2n) is 20.7. The van der Waals surface area contributed by atoms with Crippen LogP contribution in [0.4, 0.5) is 0 Å². The summed E-state index contributed by atoms with van der Waals surface area (Å²) in [6, 6.07) is 9.34. The lowest BCUT2D eigenvalue weighted by atomic mass is 9.84. The second-order valence-corrected chi connectivity index (χ2v) is 20.7. The number of aliphatic imine (C=N–C) groups is 3. The highest BCUT2D eigenvalue weighted by atomic mass is 16.6. The molecule has 4 N–H and O–H groups in total. The van der Waals surface area contributed by atoms with Gasteiger partial charge in [0.2, 0.25) is 5.91 Å². The Labute approximate surface area is 489 Å². The molecule has 2 aromatic rings. The number of aliphatic hydroxyl groups excluding tert-OH is 1. The van der Waals surface area contributed by atoms with Gasteiger partial charge in [-0.25, -0.2) is 15.0 Å². The molecule has 18 nitrogen and oxygen atoms in total. The first kappa shape index (κ1) is 62.4. The van der Waals surface area contributed by atoms with E-state index in [0.717, 1.165) is 50.8 Å². The van der Waals surface area contributed by atoms with Gasteiger partial charge < -0.3 is 44.5 Å². The number of fused-ring (bicyclic) bond motifs is 5. The molecular weight excluding hydrogens is 1070 g/mol. The fourth-order valence-corrected chi connectivity index (χ4v) is 10.5. The topological polar surface area (TPSA) is 250 Å². The summed E-state index contributed by atoms with van der Waals surface area (Å²) >= 11 is 0. The van der Waals surface area contributed by atoms with Gasteiger partial charge in [0.25, 0.3) is 0 Å². The zero-order chi connectivity index (χ0) is 60.8. The number of aliphatic hydroxyl groups is 1. The number of hydrogen-bond donors (Lipinski definition) is 4. The fraction of sp³-hybridized carbons (Fsp3) is 0.348. The van der Waals surface area contributed by atoms with Gasteiger partial charge in [-0.05, 0) is 141 Å². The number of amides is 1. The SMILES string of the molecule is C=CC1=C(C)C2=NC1=CC1=NC(=CC3=C(C)C(=C(O)CCCCNC(=O)CCCC(=O)Oc4ccc(/C=C/C(=O)CC(=O)/C=C/c5ccc(O)c(OC)c5)cc4OC)C(=N3)C(CC(=O)OC)=C3NC(=C2)C(C)C3CCC(=O)OC)C(CC)=C1C. The largest absolute Gasteiger partial charge is 0.512 e. The summed E-state index contributed by atoms with van der Waals surface area (Å²) in [5.41, 5.74) is 12.1. The number of allylic oxidation sites excluding steroid dienone is 14. The minimum Gasteiger partial charge on any atom is -0.512 e. The molecular formula is C66H73N5O13. The smallest absolute Gasteiger partial charge is 0.311 e. The van der Waals surface area contributed by atoms with Crippen LogP contribution in [0, 0.1) is 11.8 Å². The van der Waals surface area contributed by atoms with Gasteiger partial charge in [0, 0.05) is 72.2 Å². The Balaban J connectivity index is 1.00. The Morgan fingerprint density at radius 1 is 0.714 bits per heavy atom. The van der Waals surface area contributed by atoms with Crippen molar-refractivity contribution >= 4 is 64.7 Å². The molecule has 1 fully saturated rings. The van der Waals surface area contributed by atoms with Gasteiger partial charge in [0.05, 0.1) is 75.5 Å². The van der Waals surface area contributed by atoms with Crippen LogP contribution < -0.4 is 24.8 Å². The third-order valence-corrected chi connectivity index (χ3v) is 15.2. The first-order valence-electron chi connectivity index (χ1n) is 28.0. The molecule has 0 aliphatic carbocycles. The van der Waals surface area contributed by atoms with E-state index >= 15 is 0 Å². The molecule has 0 saturated carbocycles. The maximum absolute atomic E-state index is 13.5. The summed E-state index contributed by atoms with van der Waals surface area (Å²) in [7, 11) is 5.49. The van der Waals surface area contributed by atoms with E-state index in [1.807, 2.05) is 39.0 Å². The predicted octanol–water partition coefficient (Wildman–Crippen LogP) is 11.0. The standard InChI is InChI=1S/C66H73N5O13/c1-11-45-37(3)49-34-51-39(5)47(25-28-61(77)82-9)65(70-51)48(33-63(79)83-10)66-64(40(6)52(71-66)36-54-46(12-2)38(4)50(69-54)35-53(45)68-49)56(75)16-13-14-29-67-60(76)17-15-18-62(78)84-57-27-22-42(31-59(57)81-8)20-24-44(73)32-43(72)23-19-41-21-26-55(74)58(30-41)80-7/h11,19-24,26-27,30-31,34-36,39,47,70,74-75H,1,12-18,25,28-29,32-33H2,2-10H3,(H,67,76)/b23-19+,24-20+,51-34?,53-35?,54-36?,64-56?,65-48?. The molecule has 0 aromatic heterocycles. The quantitative estimate of drug-likeness (QED) is 0.0180. The number of benzene rings is 2. The number of ether oxygens (including phenoxy) is 5. The zero-order valence-electron chi connectivity index (χ0n) is 49.2. The van der Waals surface area contributed by atoms with E-state index in [0.29, 0.717) is 77.2 Å². The van der Waals surface area contributed by atoms with Gasteiger partial charge in [0.1, 0.15) is 5.76 Å². The molecule has 5 aliphatic heterocycles. The van der Waals surface area contributed by atoms with Crippen molar-refractivity contribution in [2.24, 2.45) is 26.8 Å². The molecule has 8 bridgehead atoms. The fourth-order valence-electron chi connectivity index (χ4n) is 10.5. The average Bonchev–Trinajstić information content (AvgIpc) is 4.10. The van der Waals surface area contributed by atoms with Crippen LogP contribution >= 0.6 is 0 Å². The molecule has 5 heterocycles. The van der Waals surface area contributed by atoms with Crippen molar-refractivity contribution in [3.8, 4) is 23.0 Å². The monoisotopic (exact) mass is 1140 g/mol. The molecule has 2 atom stereocenters. The van der Waals surface area contributed by atoms with Crippen molar-refractivity contribution in [1.29, 1.82) is 0 Å². The van der Waals surface area contributed by atoms with Gasteiger partial charge in [-0.15, -0.1) is 0 Å². The maximum Gasteiger partial charge on any atom is 0.311 e. The summed E-state index contributed by atoms with van der Waals surface area (Å²) < 4.78 is 26.4. The van der Waals surface area contributed by atoms with Crippen molar-refractivity contribution in [3.05, 3.63) is 164 Å². The minimum absolute atomic E-state index is 0.0352. The molecule has 440 valence electrons. The van der Waals surface area contributed by atoms with E-state index in [2.05, 4.69) is 31.1 Å². The van der Waals surface area contributed by atoms with Gasteiger partial charge in [0.15, 0.2) is 34.6 Å². The number of carbonyl (C=O) groups is 6. The van der Waals surface area contributed by atoms with E-state index in [4.69, 9.17) is 38.7 Å². The van der Waals surface area contributed by atoms with Crippen LogP contribution in [0.15, 0.2) is 168 Å². The summed E-state index contributed by atoms with van der Waals surface area (Å²) in [6.45, 7) is 14.5. The molecule has 84 heavy (non-hydrogen) atoms. The number of methoxy groups -OCH3 is 4. The lowest BCUT2D eigenvalue weighted by molar-refractivity contribution is -0.141. The zero-order valence-corrected chi connectivity index (χ0v) is 49.2. The van der Waals surface area contributed by atoms with Gasteiger partial charge in [-0.2, -0.15) is 0 Å². The highest BCUT2D eigenvalue weighted by Crippen LogP contribution is 2.44. The summed E-state index contributed by atoms with van der Waals surface area (Å²) in [4.78, 5) is 92.5. The normalized spacial score (nSPS) is 18.0. The first-order valence-corrected chi connectivity index (χ1v) is 28.0. The van der Waals surface area contributed by atoms with Crippen LogP contribution in [-0.2, 0) is 38.2 Å². The van der Waals surface area contributed by atoms with Crippen LogP contribution in [0.25, 0.3) is 12.2 Å². The number of ketones is 2. The Morgan fingerprint density at radius 2 is 1.38 bits per heavy atom. The Morgan fingerprint density at radius 3 is 2.05 bits per heavy atom. The van der Waals surface area contributed by atoms with Crippen LogP contribution in [0.1, 0.15) is 116 Å². The van der Waals surface area contributed by atoms with Gasteiger partial charge >= 0.3 is 17.9 Å². The van der Waals surface area contributed by atoms with Crippen molar-refractivity contribution < 1.29 is 62.7 Å². The summed E-state index contributed by atoms with van der Waals surface area (Å²) in [5.74, 6) is -2.41. The van der Waals surface area contributed by atoms with E-state index in [-0.39, 0.29) is 97.4 Å². The van der Waals surface area contributed by atoms with Crippen LogP contribution in [0.5, 0.6) is 23.0 Å². The second kappa shape index (κ2) is 28.7. The number of phenolic OH excluding ortho intramolecular Hbond substituents is 1. The van der Waals surface area contributed by atoms with Crippen LogP contribution in [-0.4, -0.2) is 97.7 Å². The van der Waals surface area contributed by atoms with E-state index in [9.17, 15) is 39.0 Å². The van der Waals surface area contributed by atoms with Gasteiger partial charge in [-0.1, -0.05) is 50.8 Å². The van der Waals surface area contributed by atoms with E-state index in [1.165, 1.54) is 64.9 Å². The predicted molar refractivity (Wildman–Crippen MR) is 322 cm³/mol. The van der Waals surface area contributed by atoms with Crippen LogP contribution in [0.3, 0.4) is 0 Å². The number of phenols is 1. The number of unbranched alkanes of at least 4 members (excludes halogenated alkanes) is 1. The van der Waals surface area contributed by atoms with Crippen molar-refractivity contribution in [1.82, 2.24) is 10.6 Å². The molecule has 5 aliphatic rings. The third kappa shape index (κ3) is 15.1. The molecule has 0 radical (unpaired) electrons. The Kier molecular flexibility index (Phi) is 21.3. The summed E-state index contributed by atoms with van der Waals surface area (Å²) in [5, 5.41) is 28.6. The molecule has 2 unspecified atom stereocenters. The minimum atomic E-state index is -0.576. The van der Waals surface area contributed by atoms with Crippen molar-refractivity contribution in [3.63, 3.8) is 0 Å². The molecule has 18 heteroatoms. The highest BCUT2D eigenvalue weighted by molar-refractivity contribution is 6.20.